The molecule has 3 N–H and O–H groups in total. The summed E-state index contributed by atoms with van der Waals surface area (Å²) < 4.78 is 13.5. The Balaban J connectivity index is 1.40. The molecule has 206 valence electrons. The molecule has 2 aliphatic rings. The first-order chi connectivity index (χ1) is 19.0. The number of hydrogen-bond donors (Lipinski definition) is 3. The third-order valence-corrected chi connectivity index (χ3v) is 7.15. The first kappa shape index (κ1) is 28.5. The number of hydrazine groups is 2. The van der Waals surface area contributed by atoms with E-state index < -0.39 is 12.5 Å². The summed E-state index contributed by atoms with van der Waals surface area (Å²) >= 11 is 0. The van der Waals surface area contributed by atoms with Gasteiger partial charge < -0.3 is 5.11 Å². The van der Waals surface area contributed by atoms with Gasteiger partial charge in [-0.2, -0.15) is 0 Å². The second-order valence-corrected chi connectivity index (χ2v) is 9.71. The Morgan fingerprint density at radius 2 is 1.95 bits per heavy atom. The van der Waals surface area contributed by atoms with E-state index in [-0.39, 0.29) is 30.0 Å². The van der Waals surface area contributed by atoms with Gasteiger partial charge in [-0.05, 0) is 43.0 Å². The number of anilines is 1. The summed E-state index contributed by atoms with van der Waals surface area (Å²) in [5.41, 5.74) is 9.70. The molecule has 9 heteroatoms. The molecule has 4 rings (SSSR count). The molecule has 39 heavy (non-hydrogen) atoms. The number of aromatic nitrogens is 2. The van der Waals surface area contributed by atoms with E-state index in [2.05, 4.69) is 38.5 Å². The van der Waals surface area contributed by atoms with Crippen LogP contribution >= 0.6 is 0 Å². The Morgan fingerprint density at radius 3 is 2.62 bits per heavy atom. The van der Waals surface area contributed by atoms with Crippen molar-refractivity contribution in [3.63, 3.8) is 0 Å². The van der Waals surface area contributed by atoms with Crippen molar-refractivity contribution < 1.29 is 14.3 Å². The number of piperidine rings is 1. The van der Waals surface area contributed by atoms with Crippen LogP contribution in [0, 0.1) is 5.92 Å². The van der Waals surface area contributed by atoms with Crippen molar-refractivity contribution in [2.75, 3.05) is 31.3 Å². The van der Waals surface area contributed by atoms with Crippen LogP contribution < -0.4 is 15.9 Å². The Bertz CT molecular complexity index is 1190. The number of aliphatic hydroxyl groups excluding tert-OH is 1. The molecule has 2 aliphatic heterocycles. The summed E-state index contributed by atoms with van der Waals surface area (Å²) in [5, 5.41) is 13.6. The molecule has 2 aromatic rings. The molecule has 0 bridgehead atoms. The Kier molecular flexibility index (Phi) is 10.3. The number of benzene rings is 1. The van der Waals surface area contributed by atoms with E-state index in [0.29, 0.717) is 12.5 Å². The summed E-state index contributed by atoms with van der Waals surface area (Å²) in [6, 6.07) is 11.2. The Labute approximate surface area is 229 Å². The molecule has 1 saturated heterocycles. The molecule has 0 spiro atoms. The number of hydrogen-bond acceptors (Lipinski definition) is 8. The highest BCUT2D eigenvalue weighted by molar-refractivity contribution is 5.86. The highest BCUT2D eigenvalue weighted by Crippen LogP contribution is 2.32. The zero-order valence-corrected chi connectivity index (χ0v) is 22.3. The van der Waals surface area contributed by atoms with Crippen LogP contribution in [0.4, 0.5) is 10.3 Å². The van der Waals surface area contributed by atoms with E-state index in [4.69, 9.17) is 0 Å². The third kappa shape index (κ3) is 7.54. The van der Waals surface area contributed by atoms with Crippen LogP contribution in [0.1, 0.15) is 37.7 Å². The van der Waals surface area contributed by atoms with E-state index in [0.717, 1.165) is 42.8 Å². The predicted octanol–water partition coefficient (Wildman–Crippen LogP) is 3.99. The first-order valence-corrected chi connectivity index (χ1v) is 13.4. The van der Waals surface area contributed by atoms with Crippen LogP contribution in [-0.2, 0) is 4.79 Å². The quantitative estimate of drug-likeness (QED) is 0.354. The monoisotopic (exact) mass is 532 g/mol. The number of Topliss-reactive ketones (excluding diaryl/α,β-unsaturated/α-hetero) is 1. The average Bonchev–Trinajstić information content (AvgIpc) is 3.44. The van der Waals surface area contributed by atoms with Gasteiger partial charge in [0.05, 0.1) is 17.8 Å². The maximum Gasteiger partial charge on any atom is 0.244 e. The van der Waals surface area contributed by atoms with Crippen molar-refractivity contribution >= 4 is 11.7 Å². The van der Waals surface area contributed by atoms with Gasteiger partial charge in [-0.1, -0.05) is 55.1 Å². The maximum absolute atomic E-state index is 13.5. The standard InChI is InChI=1S/C30H37FN6O2/c1-3-25(31)12-7-9-22(2)27-19-28(37(35-27)30-32-15-8-16-33-30)24-13-17-36(18-14-24)34-20-26(29(39)21-38)23-10-5-4-6-11-23/h3-11,15-16,19,24,26-27,34-35,38H,2,12-14,17-18,20-21H2,1H3/b9-7-,25-3+. The van der Waals surface area contributed by atoms with Crippen LogP contribution in [-0.4, -0.2) is 58.1 Å². The van der Waals surface area contributed by atoms with Crippen LogP contribution in [0.25, 0.3) is 0 Å². The van der Waals surface area contributed by atoms with Gasteiger partial charge in [0.15, 0.2) is 5.78 Å². The lowest BCUT2D eigenvalue weighted by atomic mass is 9.92. The minimum Gasteiger partial charge on any atom is -0.389 e. The number of halogens is 1. The number of carbonyl (C=O) groups is 1. The summed E-state index contributed by atoms with van der Waals surface area (Å²) in [6.07, 6.45) is 12.7. The molecule has 1 fully saturated rings. The number of rotatable bonds is 12. The van der Waals surface area contributed by atoms with Gasteiger partial charge in [0.25, 0.3) is 0 Å². The zero-order valence-electron chi connectivity index (χ0n) is 22.3. The van der Waals surface area contributed by atoms with Gasteiger partial charge in [-0.15, -0.1) is 0 Å². The highest BCUT2D eigenvalue weighted by atomic mass is 19.1. The number of carbonyl (C=O) groups excluding carboxylic acids is 1. The first-order valence-electron chi connectivity index (χ1n) is 13.4. The fraction of sp³-hybridized carbons (Fsp3) is 0.367. The van der Waals surface area contributed by atoms with E-state index in [1.807, 2.05) is 41.4 Å². The summed E-state index contributed by atoms with van der Waals surface area (Å²) in [7, 11) is 0. The van der Waals surface area contributed by atoms with Crippen LogP contribution in [0.15, 0.2) is 96.8 Å². The van der Waals surface area contributed by atoms with Gasteiger partial charge in [-0.3, -0.25) is 10.2 Å². The molecule has 0 saturated carbocycles. The number of nitrogens with zero attached hydrogens (tertiary/aromatic N) is 4. The smallest absolute Gasteiger partial charge is 0.244 e. The molecular weight excluding hydrogens is 495 g/mol. The van der Waals surface area contributed by atoms with Crippen molar-refractivity contribution in [3.05, 3.63) is 102 Å². The van der Waals surface area contributed by atoms with Crippen molar-refractivity contribution in [3.8, 4) is 0 Å². The normalized spacial score (nSPS) is 19.9. The minimum absolute atomic E-state index is 0.152. The predicted molar refractivity (Wildman–Crippen MR) is 151 cm³/mol. The molecule has 2 unspecified atom stereocenters. The number of ketones is 1. The van der Waals surface area contributed by atoms with E-state index >= 15 is 0 Å². The second-order valence-electron chi connectivity index (χ2n) is 9.71. The molecule has 1 aromatic heterocycles. The summed E-state index contributed by atoms with van der Waals surface area (Å²) in [6.45, 7) is 7.44. The molecule has 0 amide bonds. The lowest BCUT2D eigenvalue weighted by Crippen LogP contribution is -2.47. The number of nitrogens with one attached hydrogen (secondary N) is 2. The number of allylic oxidation sites excluding steroid dienone is 4. The Hall–Kier alpha value is -3.50. The van der Waals surface area contributed by atoms with Gasteiger partial charge >= 0.3 is 0 Å². The topological polar surface area (TPSA) is 93.6 Å². The second kappa shape index (κ2) is 14.0. The van der Waals surface area contributed by atoms with Crippen LogP contribution in [0.3, 0.4) is 0 Å². The zero-order chi connectivity index (χ0) is 27.6. The molecular formula is C30H37FN6O2. The molecule has 3 heterocycles. The summed E-state index contributed by atoms with van der Waals surface area (Å²) in [4.78, 5) is 21.3. The van der Waals surface area contributed by atoms with Crippen molar-refractivity contribution in [2.24, 2.45) is 5.92 Å². The number of aliphatic hydroxyl groups is 1. The van der Waals surface area contributed by atoms with Crippen molar-refractivity contribution in [2.45, 2.75) is 38.1 Å². The van der Waals surface area contributed by atoms with Gasteiger partial charge in [0, 0.05) is 50.1 Å². The lowest BCUT2D eigenvalue weighted by molar-refractivity contribution is -0.123. The SMILES string of the molecule is C=C(/C=C\C/C(F)=C\C)C1C=C(C2CCN(NCC(C(=O)CO)c3ccccc3)CC2)N(c2ncccn2)N1. The van der Waals surface area contributed by atoms with E-state index in [1.165, 1.54) is 6.08 Å². The van der Waals surface area contributed by atoms with Crippen LogP contribution in [0.5, 0.6) is 0 Å². The fourth-order valence-corrected chi connectivity index (χ4v) is 4.90. The van der Waals surface area contributed by atoms with Gasteiger partial charge in [0.2, 0.25) is 5.95 Å². The third-order valence-electron chi connectivity index (χ3n) is 7.15. The largest absolute Gasteiger partial charge is 0.389 e. The van der Waals surface area contributed by atoms with Crippen LogP contribution in [0.2, 0.25) is 0 Å². The molecule has 8 nitrogen and oxygen atoms in total. The van der Waals surface area contributed by atoms with Crippen molar-refractivity contribution in [1.29, 1.82) is 0 Å². The molecule has 0 aliphatic carbocycles. The van der Waals surface area contributed by atoms with Gasteiger partial charge in [-0.25, -0.2) is 29.8 Å². The molecule has 2 atom stereocenters. The summed E-state index contributed by atoms with van der Waals surface area (Å²) in [5.74, 6) is 0.0630. The average molecular weight is 533 g/mol. The van der Waals surface area contributed by atoms with Gasteiger partial charge in [0.1, 0.15) is 6.61 Å². The van der Waals surface area contributed by atoms with E-state index in [9.17, 15) is 14.3 Å². The Morgan fingerprint density at radius 1 is 1.23 bits per heavy atom. The lowest BCUT2D eigenvalue weighted by Gasteiger charge is -2.35. The maximum atomic E-state index is 13.5. The fourth-order valence-electron chi connectivity index (χ4n) is 4.90. The molecule has 0 radical (unpaired) electrons. The highest BCUT2D eigenvalue weighted by Gasteiger charge is 2.34. The van der Waals surface area contributed by atoms with Crippen molar-refractivity contribution in [1.82, 2.24) is 25.8 Å². The molecule has 1 aromatic carbocycles. The van der Waals surface area contributed by atoms with E-state index in [1.54, 1.807) is 31.5 Å². The minimum atomic E-state index is -0.478.